The van der Waals surface area contributed by atoms with Crippen LogP contribution in [0.5, 0.6) is 0 Å². The molecular formula is C19H28O4S. The van der Waals surface area contributed by atoms with Gasteiger partial charge in [-0.05, 0) is 44.7 Å². The van der Waals surface area contributed by atoms with Crippen molar-refractivity contribution >= 4 is 10.1 Å². The molecule has 1 heterocycles. The Balaban J connectivity index is 2.03. The molecule has 0 amide bonds. The zero-order chi connectivity index (χ0) is 17.7. The van der Waals surface area contributed by atoms with Crippen molar-refractivity contribution in [1.82, 2.24) is 0 Å². The summed E-state index contributed by atoms with van der Waals surface area (Å²) in [6.45, 7) is 7.72. The smallest absolute Gasteiger partial charge is 0.297 e. The van der Waals surface area contributed by atoms with Crippen LogP contribution in [0.2, 0.25) is 0 Å². The molecule has 1 aliphatic heterocycles. The Hall–Kier alpha value is -1.17. The van der Waals surface area contributed by atoms with Gasteiger partial charge in [-0.15, -0.1) is 0 Å². The van der Waals surface area contributed by atoms with E-state index in [1.165, 1.54) is 0 Å². The normalized spacial score (nSPS) is 21.2. The third kappa shape index (κ3) is 4.91. The van der Waals surface area contributed by atoms with Crippen molar-refractivity contribution in [3.8, 4) is 0 Å². The number of ether oxygens (including phenoxy) is 1. The Bertz CT molecular complexity index is 668. The minimum absolute atomic E-state index is 0.0220. The highest BCUT2D eigenvalue weighted by atomic mass is 32.2. The lowest BCUT2D eigenvalue weighted by atomic mass is 10.1. The summed E-state index contributed by atoms with van der Waals surface area (Å²) in [5.74, 6) is 0. The van der Waals surface area contributed by atoms with Crippen molar-refractivity contribution in [1.29, 1.82) is 0 Å². The van der Waals surface area contributed by atoms with Crippen LogP contribution in [-0.4, -0.2) is 27.2 Å². The molecule has 134 valence electrons. The molecule has 1 aromatic carbocycles. The van der Waals surface area contributed by atoms with Crippen LogP contribution in [0.1, 0.15) is 49.3 Å². The lowest BCUT2D eigenvalue weighted by Crippen LogP contribution is -2.29. The highest BCUT2D eigenvalue weighted by Gasteiger charge is 2.24. The van der Waals surface area contributed by atoms with E-state index in [4.69, 9.17) is 8.92 Å². The van der Waals surface area contributed by atoms with Gasteiger partial charge in [0.25, 0.3) is 10.1 Å². The van der Waals surface area contributed by atoms with Crippen molar-refractivity contribution in [3.63, 3.8) is 0 Å². The summed E-state index contributed by atoms with van der Waals surface area (Å²) in [5.41, 5.74) is 2.48. The van der Waals surface area contributed by atoms with E-state index in [2.05, 4.69) is 13.0 Å². The second-order valence-electron chi connectivity index (χ2n) is 6.57. The third-order valence-electron chi connectivity index (χ3n) is 4.24. The van der Waals surface area contributed by atoms with E-state index in [0.29, 0.717) is 11.1 Å². The fraction of sp³-hybridized carbons (Fsp3) is 0.579. The molecule has 0 saturated heterocycles. The highest BCUT2D eigenvalue weighted by Crippen LogP contribution is 2.25. The molecule has 0 saturated carbocycles. The molecule has 0 radical (unpaired) electrons. The largest absolute Gasteiger partial charge is 0.368 e. The fourth-order valence-corrected chi connectivity index (χ4v) is 4.56. The Kier molecular flexibility index (Phi) is 6.61. The number of hydrogen-bond acceptors (Lipinski definition) is 4. The van der Waals surface area contributed by atoms with Crippen molar-refractivity contribution in [3.05, 3.63) is 41.0 Å². The SMILES string of the molecule is CCCC[C@@H]1CC=C[C@H](COS(=O)(=O)c2c(C)cc(C)cc2C)O1. The van der Waals surface area contributed by atoms with E-state index in [0.717, 1.165) is 31.2 Å². The highest BCUT2D eigenvalue weighted by molar-refractivity contribution is 7.86. The van der Waals surface area contributed by atoms with Gasteiger partial charge in [-0.2, -0.15) is 8.42 Å². The van der Waals surface area contributed by atoms with E-state index in [1.807, 2.05) is 25.1 Å². The molecule has 0 bridgehead atoms. The number of unbranched alkanes of at least 4 members (excludes halogenated alkanes) is 1. The number of hydrogen-bond donors (Lipinski definition) is 0. The average molecular weight is 352 g/mol. The summed E-state index contributed by atoms with van der Waals surface area (Å²) in [4.78, 5) is 0.274. The van der Waals surface area contributed by atoms with Crippen LogP contribution in [0.4, 0.5) is 0 Å². The van der Waals surface area contributed by atoms with Gasteiger partial charge in [-0.3, -0.25) is 4.18 Å². The van der Waals surface area contributed by atoms with E-state index < -0.39 is 10.1 Å². The van der Waals surface area contributed by atoms with Crippen molar-refractivity contribution in [2.24, 2.45) is 0 Å². The molecule has 1 aliphatic rings. The first-order valence-electron chi connectivity index (χ1n) is 8.63. The van der Waals surface area contributed by atoms with E-state index >= 15 is 0 Å². The summed E-state index contributed by atoms with van der Waals surface area (Å²) in [7, 11) is -3.79. The molecular weight excluding hydrogens is 324 g/mol. The third-order valence-corrected chi connectivity index (χ3v) is 5.83. The lowest BCUT2D eigenvalue weighted by molar-refractivity contribution is -0.0187. The molecule has 0 fully saturated rings. The number of rotatable bonds is 7. The van der Waals surface area contributed by atoms with Gasteiger partial charge < -0.3 is 4.74 Å². The van der Waals surface area contributed by atoms with Crippen LogP contribution in [0.25, 0.3) is 0 Å². The molecule has 0 aromatic heterocycles. The Labute approximate surface area is 146 Å². The first-order valence-corrected chi connectivity index (χ1v) is 10.0. The van der Waals surface area contributed by atoms with Crippen LogP contribution in [0, 0.1) is 20.8 Å². The molecule has 0 aliphatic carbocycles. The predicted molar refractivity (Wildman–Crippen MR) is 95.7 cm³/mol. The fourth-order valence-electron chi connectivity index (χ4n) is 3.22. The molecule has 5 heteroatoms. The Morgan fingerprint density at radius 1 is 1.21 bits per heavy atom. The molecule has 24 heavy (non-hydrogen) atoms. The monoisotopic (exact) mass is 352 g/mol. The van der Waals surface area contributed by atoms with E-state index in [9.17, 15) is 8.42 Å². The van der Waals surface area contributed by atoms with Crippen LogP contribution >= 0.6 is 0 Å². The maximum Gasteiger partial charge on any atom is 0.297 e. The Morgan fingerprint density at radius 2 is 1.88 bits per heavy atom. The summed E-state index contributed by atoms with van der Waals surface area (Å²) in [6.07, 6.45) is 7.95. The quantitative estimate of drug-likeness (QED) is 0.544. The van der Waals surface area contributed by atoms with Gasteiger partial charge in [0.2, 0.25) is 0 Å². The topological polar surface area (TPSA) is 52.6 Å². The van der Waals surface area contributed by atoms with Crippen LogP contribution in [0.3, 0.4) is 0 Å². The maximum atomic E-state index is 12.6. The van der Waals surface area contributed by atoms with Crippen LogP contribution in [-0.2, 0) is 19.0 Å². The lowest BCUT2D eigenvalue weighted by Gasteiger charge is -2.26. The molecule has 1 aromatic rings. The predicted octanol–water partition coefficient (Wildman–Crippen LogP) is 4.22. The molecule has 0 spiro atoms. The zero-order valence-electron chi connectivity index (χ0n) is 15.0. The van der Waals surface area contributed by atoms with Crippen LogP contribution in [0.15, 0.2) is 29.2 Å². The summed E-state index contributed by atoms with van der Waals surface area (Å²) in [5, 5.41) is 0. The van der Waals surface area contributed by atoms with Gasteiger partial charge in [-0.25, -0.2) is 0 Å². The van der Waals surface area contributed by atoms with Gasteiger partial charge in [-0.1, -0.05) is 49.6 Å². The van der Waals surface area contributed by atoms with Gasteiger partial charge >= 0.3 is 0 Å². The molecule has 2 rings (SSSR count). The molecule has 4 nitrogen and oxygen atoms in total. The minimum Gasteiger partial charge on any atom is -0.368 e. The maximum absolute atomic E-state index is 12.6. The van der Waals surface area contributed by atoms with Gasteiger partial charge in [0, 0.05) is 0 Å². The van der Waals surface area contributed by atoms with E-state index in [1.54, 1.807) is 13.8 Å². The number of benzene rings is 1. The first-order chi connectivity index (χ1) is 11.3. The summed E-state index contributed by atoms with van der Waals surface area (Å²) in [6, 6.07) is 3.72. The average Bonchev–Trinajstić information content (AvgIpc) is 2.50. The molecule has 0 unspecified atom stereocenters. The second kappa shape index (κ2) is 8.28. The number of aryl methyl sites for hydroxylation is 3. The van der Waals surface area contributed by atoms with Gasteiger partial charge in [0.1, 0.15) is 6.10 Å². The Morgan fingerprint density at radius 3 is 2.50 bits per heavy atom. The standard InChI is InChI=1S/C19H28O4S/c1-5-6-8-17-9-7-10-18(23-17)13-22-24(20,21)19-15(3)11-14(2)12-16(19)4/h7,10-12,17-18H,5-6,8-9,13H2,1-4H3/t17-,18-/m1/s1. The molecule has 0 N–H and O–H groups in total. The minimum atomic E-state index is -3.79. The first kappa shape index (κ1) is 19.2. The van der Waals surface area contributed by atoms with Crippen molar-refractivity contribution in [2.75, 3.05) is 6.61 Å². The van der Waals surface area contributed by atoms with E-state index in [-0.39, 0.29) is 23.7 Å². The molecule has 2 atom stereocenters. The zero-order valence-corrected chi connectivity index (χ0v) is 15.9. The van der Waals surface area contributed by atoms with Crippen molar-refractivity contribution < 1.29 is 17.3 Å². The van der Waals surface area contributed by atoms with Crippen molar-refractivity contribution in [2.45, 2.75) is 70.5 Å². The van der Waals surface area contributed by atoms with Gasteiger partial charge in [0.05, 0.1) is 17.6 Å². The summed E-state index contributed by atoms with van der Waals surface area (Å²) < 4.78 is 36.4. The van der Waals surface area contributed by atoms with Gasteiger partial charge in [0.15, 0.2) is 0 Å². The summed E-state index contributed by atoms with van der Waals surface area (Å²) >= 11 is 0. The van der Waals surface area contributed by atoms with Crippen LogP contribution < -0.4 is 0 Å². The second-order valence-corrected chi connectivity index (χ2v) is 8.12.